The number of carbonyl (C=O) groups is 1. The topological polar surface area (TPSA) is 39.2 Å². The highest BCUT2D eigenvalue weighted by Gasteiger charge is 2.10. The van der Waals surface area contributed by atoms with Crippen LogP contribution >= 0.6 is 11.3 Å². The van der Waals surface area contributed by atoms with E-state index in [0.29, 0.717) is 11.5 Å². The average molecular weight is 207 g/mol. The molecule has 0 aliphatic rings. The molecule has 0 aliphatic carbocycles. The van der Waals surface area contributed by atoms with Crippen molar-refractivity contribution in [3.63, 3.8) is 0 Å². The zero-order valence-corrected chi connectivity index (χ0v) is 8.50. The lowest BCUT2D eigenvalue weighted by Crippen LogP contribution is -2.01. The zero-order valence-electron chi connectivity index (χ0n) is 7.69. The van der Waals surface area contributed by atoms with Gasteiger partial charge < -0.3 is 4.74 Å². The predicted molar refractivity (Wildman–Crippen MR) is 55.6 cm³/mol. The van der Waals surface area contributed by atoms with Gasteiger partial charge in [0.2, 0.25) is 0 Å². The molecule has 72 valence electrons. The van der Waals surface area contributed by atoms with E-state index in [1.165, 1.54) is 11.3 Å². The maximum absolute atomic E-state index is 11.4. The highest BCUT2D eigenvalue weighted by Crippen LogP contribution is 2.24. The molecule has 0 N–H and O–H groups in total. The standard InChI is InChI=1S/C10H9NO2S/c1-2-13-10(12)9-5-7-6-11-4-3-8(7)14-9/h3-6H,2H2,1H3. The maximum Gasteiger partial charge on any atom is 0.348 e. The highest BCUT2D eigenvalue weighted by molar-refractivity contribution is 7.20. The summed E-state index contributed by atoms with van der Waals surface area (Å²) in [6.07, 6.45) is 3.46. The summed E-state index contributed by atoms with van der Waals surface area (Å²) < 4.78 is 5.97. The molecule has 0 saturated heterocycles. The summed E-state index contributed by atoms with van der Waals surface area (Å²) in [4.78, 5) is 16.0. The van der Waals surface area contributed by atoms with Crippen LogP contribution in [0.3, 0.4) is 0 Å². The van der Waals surface area contributed by atoms with Gasteiger partial charge in [0.15, 0.2) is 0 Å². The Bertz CT molecular complexity index is 431. The summed E-state index contributed by atoms with van der Waals surface area (Å²) >= 11 is 1.43. The fourth-order valence-electron chi connectivity index (χ4n) is 1.19. The van der Waals surface area contributed by atoms with E-state index in [1.54, 1.807) is 19.3 Å². The lowest BCUT2D eigenvalue weighted by molar-refractivity contribution is 0.0532. The van der Waals surface area contributed by atoms with Gasteiger partial charge in [-0.15, -0.1) is 11.3 Å². The van der Waals surface area contributed by atoms with Crippen molar-refractivity contribution in [1.29, 1.82) is 0 Å². The van der Waals surface area contributed by atoms with Crippen LogP contribution < -0.4 is 0 Å². The number of aromatic nitrogens is 1. The van der Waals surface area contributed by atoms with Gasteiger partial charge in [-0.3, -0.25) is 4.98 Å². The van der Waals surface area contributed by atoms with E-state index in [1.807, 2.05) is 12.1 Å². The van der Waals surface area contributed by atoms with Crippen molar-refractivity contribution >= 4 is 27.4 Å². The van der Waals surface area contributed by atoms with E-state index in [9.17, 15) is 4.79 Å². The third kappa shape index (κ3) is 1.61. The maximum atomic E-state index is 11.4. The van der Waals surface area contributed by atoms with Crippen LogP contribution in [-0.4, -0.2) is 17.6 Å². The molecular weight excluding hydrogens is 198 g/mol. The van der Waals surface area contributed by atoms with Crippen LogP contribution in [0.15, 0.2) is 24.5 Å². The second kappa shape index (κ2) is 3.75. The lowest BCUT2D eigenvalue weighted by atomic mass is 10.3. The Morgan fingerprint density at radius 2 is 2.50 bits per heavy atom. The second-order valence-electron chi connectivity index (χ2n) is 2.74. The van der Waals surface area contributed by atoms with Gasteiger partial charge in [-0.05, 0) is 19.1 Å². The first-order valence-electron chi connectivity index (χ1n) is 4.32. The van der Waals surface area contributed by atoms with E-state index in [0.717, 1.165) is 10.1 Å². The largest absolute Gasteiger partial charge is 0.462 e. The normalized spacial score (nSPS) is 10.4. The number of ether oxygens (including phenoxy) is 1. The molecule has 2 heterocycles. The minimum absolute atomic E-state index is 0.256. The summed E-state index contributed by atoms with van der Waals surface area (Å²) in [5.41, 5.74) is 0. The Morgan fingerprint density at radius 1 is 1.64 bits per heavy atom. The van der Waals surface area contributed by atoms with E-state index in [4.69, 9.17) is 4.74 Å². The molecule has 0 atom stereocenters. The number of thiophene rings is 1. The van der Waals surface area contributed by atoms with Gasteiger partial charge in [-0.25, -0.2) is 4.79 Å². The molecular formula is C10H9NO2S. The van der Waals surface area contributed by atoms with Crippen molar-refractivity contribution in [1.82, 2.24) is 4.98 Å². The van der Waals surface area contributed by atoms with Crippen LogP contribution in [0, 0.1) is 0 Å². The van der Waals surface area contributed by atoms with E-state index < -0.39 is 0 Å². The molecule has 0 amide bonds. The Kier molecular flexibility index (Phi) is 2.45. The first-order chi connectivity index (χ1) is 6.81. The van der Waals surface area contributed by atoms with Gasteiger partial charge >= 0.3 is 5.97 Å². The van der Waals surface area contributed by atoms with Crippen molar-refractivity contribution in [3.8, 4) is 0 Å². The number of esters is 1. The van der Waals surface area contributed by atoms with Crippen LogP contribution in [0.2, 0.25) is 0 Å². The smallest absolute Gasteiger partial charge is 0.348 e. The molecule has 3 nitrogen and oxygen atoms in total. The van der Waals surface area contributed by atoms with E-state index >= 15 is 0 Å². The molecule has 14 heavy (non-hydrogen) atoms. The predicted octanol–water partition coefficient (Wildman–Crippen LogP) is 2.47. The molecule has 4 heteroatoms. The third-order valence-electron chi connectivity index (χ3n) is 1.79. The van der Waals surface area contributed by atoms with Crippen LogP contribution in [0.4, 0.5) is 0 Å². The number of carbonyl (C=O) groups excluding carboxylic acids is 1. The zero-order chi connectivity index (χ0) is 9.97. The molecule has 0 saturated carbocycles. The van der Waals surface area contributed by atoms with Crippen LogP contribution in [-0.2, 0) is 4.74 Å². The number of pyridine rings is 1. The Morgan fingerprint density at radius 3 is 3.21 bits per heavy atom. The van der Waals surface area contributed by atoms with E-state index in [2.05, 4.69) is 4.98 Å². The first-order valence-corrected chi connectivity index (χ1v) is 5.13. The van der Waals surface area contributed by atoms with Gasteiger partial charge in [0, 0.05) is 22.5 Å². The quantitative estimate of drug-likeness (QED) is 0.710. The number of hydrogen-bond donors (Lipinski definition) is 0. The number of nitrogens with zero attached hydrogens (tertiary/aromatic N) is 1. The Balaban J connectivity index is 2.40. The highest BCUT2D eigenvalue weighted by atomic mass is 32.1. The van der Waals surface area contributed by atoms with Gasteiger partial charge in [0.25, 0.3) is 0 Å². The Labute approximate surface area is 85.3 Å². The van der Waals surface area contributed by atoms with Crippen molar-refractivity contribution in [3.05, 3.63) is 29.4 Å². The van der Waals surface area contributed by atoms with E-state index in [-0.39, 0.29) is 5.97 Å². The van der Waals surface area contributed by atoms with Crippen LogP contribution in [0.25, 0.3) is 10.1 Å². The van der Waals surface area contributed by atoms with Gasteiger partial charge in [-0.1, -0.05) is 0 Å². The van der Waals surface area contributed by atoms with Crippen molar-refractivity contribution in [2.45, 2.75) is 6.92 Å². The fourth-order valence-corrected chi connectivity index (χ4v) is 2.11. The molecule has 2 rings (SSSR count). The van der Waals surface area contributed by atoms with Crippen molar-refractivity contribution < 1.29 is 9.53 Å². The summed E-state index contributed by atoms with van der Waals surface area (Å²) in [6.45, 7) is 2.21. The summed E-state index contributed by atoms with van der Waals surface area (Å²) in [5, 5.41) is 0.987. The summed E-state index contributed by atoms with van der Waals surface area (Å²) in [6, 6.07) is 3.70. The molecule has 0 aliphatic heterocycles. The average Bonchev–Trinajstić information content (AvgIpc) is 2.61. The van der Waals surface area contributed by atoms with Crippen molar-refractivity contribution in [2.24, 2.45) is 0 Å². The first kappa shape index (κ1) is 9.15. The monoisotopic (exact) mass is 207 g/mol. The molecule has 0 unspecified atom stereocenters. The minimum atomic E-state index is -0.256. The molecule has 0 spiro atoms. The van der Waals surface area contributed by atoms with Gasteiger partial charge in [0.1, 0.15) is 4.88 Å². The number of hydrogen-bond acceptors (Lipinski definition) is 4. The van der Waals surface area contributed by atoms with Gasteiger partial charge in [-0.2, -0.15) is 0 Å². The molecule has 0 radical (unpaired) electrons. The second-order valence-corrected chi connectivity index (χ2v) is 3.83. The van der Waals surface area contributed by atoms with Crippen LogP contribution in [0.1, 0.15) is 16.6 Å². The molecule has 2 aromatic heterocycles. The molecule has 0 aromatic carbocycles. The number of fused-ring (bicyclic) bond motifs is 1. The SMILES string of the molecule is CCOC(=O)c1cc2cnccc2s1. The minimum Gasteiger partial charge on any atom is -0.462 e. The molecule has 0 fully saturated rings. The van der Waals surface area contributed by atoms with Crippen LogP contribution in [0.5, 0.6) is 0 Å². The Hall–Kier alpha value is -1.42. The molecule has 2 aromatic rings. The molecule has 0 bridgehead atoms. The summed E-state index contributed by atoms with van der Waals surface area (Å²) in [7, 11) is 0. The van der Waals surface area contributed by atoms with Crippen molar-refractivity contribution in [2.75, 3.05) is 6.61 Å². The third-order valence-corrected chi connectivity index (χ3v) is 2.89. The summed E-state index contributed by atoms with van der Waals surface area (Å²) in [5.74, 6) is -0.256. The fraction of sp³-hybridized carbons (Fsp3) is 0.200. The van der Waals surface area contributed by atoms with Gasteiger partial charge in [0.05, 0.1) is 6.61 Å². The number of rotatable bonds is 2. The lowest BCUT2D eigenvalue weighted by Gasteiger charge is -1.95.